The first-order valence-electron chi connectivity index (χ1n) is 5.93. The summed E-state index contributed by atoms with van der Waals surface area (Å²) in [5, 5.41) is 0.420. The van der Waals surface area contributed by atoms with E-state index in [1.807, 2.05) is 18.2 Å². The molecule has 0 N–H and O–H groups in total. The van der Waals surface area contributed by atoms with Crippen LogP contribution in [0, 0.1) is 0 Å². The molecule has 0 aliphatic rings. The Hall–Kier alpha value is -0.634. The van der Waals surface area contributed by atoms with Crippen molar-refractivity contribution in [2.45, 2.75) is 33.0 Å². The minimum absolute atomic E-state index is 0.161. The predicted molar refractivity (Wildman–Crippen MR) is 78.6 cm³/mol. The van der Waals surface area contributed by atoms with Gasteiger partial charge in [-0.1, -0.05) is 0 Å². The summed E-state index contributed by atoms with van der Waals surface area (Å²) in [5.41, 5.74) is 0. The zero-order chi connectivity index (χ0) is 12.9. The summed E-state index contributed by atoms with van der Waals surface area (Å²) in [7, 11) is -1.71. The van der Waals surface area contributed by atoms with Gasteiger partial charge in [-0.15, -0.1) is 0 Å². The van der Waals surface area contributed by atoms with Gasteiger partial charge in [-0.25, -0.2) is 0 Å². The zero-order valence-corrected chi connectivity index (χ0v) is 13.7. The van der Waals surface area contributed by atoms with Crippen LogP contribution in [0.4, 0.5) is 0 Å². The second-order valence-electron chi connectivity index (χ2n) is 4.97. The molecule has 0 saturated heterocycles. The summed E-state index contributed by atoms with van der Waals surface area (Å²) in [6.07, 6.45) is 3.06. The SMILES string of the molecule is CC/C=C(/[Se]c1ccccc1)C(=O)[Si](C)(C)C. The number of benzene rings is 1. The molecule has 0 saturated carbocycles. The standard InChI is InChI=1S/C14H20OSeSi/c1-5-9-13(14(15)17(2,3)4)16-12-10-7-6-8-11-12/h6-11H,5H2,1-4H3/b13-9+. The molecule has 1 rings (SSSR count). The molecular weight excluding hydrogens is 291 g/mol. The first-order chi connectivity index (χ1) is 7.95. The molecule has 0 spiro atoms. The van der Waals surface area contributed by atoms with Crippen molar-refractivity contribution >= 4 is 32.9 Å². The van der Waals surface area contributed by atoms with E-state index >= 15 is 0 Å². The molecule has 1 nitrogen and oxygen atoms in total. The average Bonchev–Trinajstić information content (AvgIpc) is 2.28. The molecule has 0 aliphatic carbocycles. The van der Waals surface area contributed by atoms with Crippen LogP contribution in [0.2, 0.25) is 19.6 Å². The second-order valence-corrected chi connectivity index (χ2v) is 12.3. The van der Waals surface area contributed by atoms with Crippen molar-refractivity contribution in [3.05, 3.63) is 40.9 Å². The van der Waals surface area contributed by atoms with Crippen molar-refractivity contribution < 1.29 is 4.79 Å². The van der Waals surface area contributed by atoms with Crippen molar-refractivity contribution in [2.24, 2.45) is 0 Å². The Morgan fingerprint density at radius 1 is 1.24 bits per heavy atom. The van der Waals surface area contributed by atoms with Crippen LogP contribution in [-0.2, 0) is 4.79 Å². The summed E-state index contributed by atoms with van der Waals surface area (Å²) >= 11 is 0.161. The third-order valence-corrected chi connectivity index (χ3v) is 6.57. The van der Waals surface area contributed by atoms with Crippen molar-refractivity contribution in [1.29, 1.82) is 0 Å². The van der Waals surface area contributed by atoms with Crippen LogP contribution in [0.15, 0.2) is 40.9 Å². The predicted octanol–water partition coefficient (Wildman–Crippen LogP) is 2.76. The van der Waals surface area contributed by atoms with Gasteiger partial charge in [0.2, 0.25) is 0 Å². The molecule has 1 aromatic rings. The van der Waals surface area contributed by atoms with E-state index in [4.69, 9.17) is 0 Å². The fourth-order valence-corrected chi connectivity index (χ4v) is 6.25. The zero-order valence-electron chi connectivity index (χ0n) is 11.0. The van der Waals surface area contributed by atoms with E-state index in [2.05, 4.69) is 44.8 Å². The number of allylic oxidation sites excluding steroid dienone is 2. The fourth-order valence-electron chi connectivity index (χ4n) is 1.35. The van der Waals surface area contributed by atoms with E-state index in [0.717, 1.165) is 10.9 Å². The summed E-state index contributed by atoms with van der Waals surface area (Å²) in [4.78, 5) is 12.4. The molecule has 0 atom stereocenters. The van der Waals surface area contributed by atoms with Crippen molar-refractivity contribution in [1.82, 2.24) is 0 Å². The van der Waals surface area contributed by atoms with Crippen LogP contribution in [0.3, 0.4) is 0 Å². The van der Waals surface area contributed by atoms with Crippen LogP contribution < -0.4 is 4.46 Å². The van der Waals surface area contributed by atoms with Gasteiger partial charge in [-0.2, -0.15) is 0 Å². The molecule has 0 unspecified atom stereocenters. The molecule has 92 valence electrons. The normalized spacial score (nSPS) is 12.6. The van der Waals surface area contributed by atoms with Crippen LogP contribution in [0.1, 0.15) is 13.3 Å². The van der Waals surface area contributed by atoms with Crippen LogP contribution in [-0.4, -0.2) is 28.4 Å². The Kier molecular flexibility index (Phi) is 5.38. The fraction of sp³-hybridized carbons (Fsp3) is 0.357. The molecule has 0 bridgehead atoms. The second kappa shape index (κ2) is 6.34. The monoisotopic (exact) mass is 312 g/mol. The van der Waals surface area contributed by atoms with Crippen LogP contribution in [0.25, 0.3) is 0 Å². The topological polar surface area (TPSA) is 17.1 Å². The van der Waals surface area contributed by atoms with Gasteiger partial charge in [0, 0.05) is 0 Å². The average molecular weight is 311 g/mol. The van der Waals surface area contributed by atoms with E-state index < -0.39 is 8.07 Å². The first-order valence-corrected chi connectivity index (χ1v) is 11.1. The Bertz CT molecular complexity index is 404. The molecule has 0 aliphatic heterocycles. The summed E-state index contributed by atoms with van der Waals surface area (Å²) in [5.74, 6) is 0. The number of hydrogen-bond donors (Lipinski definition) is 0. The molecule has 0 amide bonds. The number of carbonyl (C=O) groups is 1. The van der Waals surface area contributed by atoms with Gasteiger partial charge in [0.05, 0.1) is 0 Å². The van der Waals surface area contributed by atoms with E-state index in [0.29, 0.717) is 5.41 Å². The molecule has 3 heteroatoms. The van der Waals surface area contributed by atoms with Gasteiger partial charge in [0.25, 0.3) is 0 Å². The number of rotatable bonds is 5. The molecule has 0 heterocycles. The van der Waals surface area contributed by atoms with Gasteiger partial charge in [-0.05, 0) is 0 Å². The van der Waals surface area contributed by atoms with Gasteiger partial charge in [-0.3, -0.25) is 0 Å². The first kappa shape index (κ1) is 14.4. The number of carbonyl (C=O) groups excluding carboxylic acids is 1. The molecule has 0 fully saturated rings. The Morgan fingerprint density at radius 2 is 1.82 bits per heavy atom. The van der Waals surface area contributed by atoms with Crippen molar-refractivity contribution in [3.63, 3.8) is 0 Å². The Morgan fingerprint density at radius 3 is 2.29 bits per heavy atom. The van der Waals surface area contributed by atoms with E-state index in [9.17, 15) is 4.79 Å². The number of hydrogen-bond acceptors (Lipinski definition) is 1. The minimum atomic E-state index is -1.71. The van der Waals surface area contributed by atoms with Gasteiger partial charge in [0.15, 0.2) is 0 Å². The van der Waals surface area contributed by atoms with Gasteiger partial charge in [0.1, 0.15) is 0 Å². The van der Waals surface area contributed by atoms with E-state index in [1.54, 1.807) is 0 Å². The van der Waals surface area contributed by atoms with Gasteiger partial charge < -0.3 is 0 Å². The Balaban J connectivity index is 2.90. The van der Waals surface area contributed by atoms with Crippen molar-refractivity contribution in [3.8, 4) is 0 Å². The summed E-state index contributed by atoms with van der Waals surface area (Å²) in [6, 6.07) is 10.3. The van der Waals surface area contributed by atoms with Gasteiger partial charge >= 0.3 is 112 Å². The molecule has 1 aromatic carbocycles. The molecule has 0 radical (unpaired) electrons. The summed E-state index contributed by atoms with van der Waals surface area (Å²) in [6.45, 7) is 8.47. The van der Waals surface area contributed by atoms with E-state index in [1.165, 1.54) is 4.46 Å². The third kappa shape index (κ3) is 4.62. The van der Waals surface area contributed by atoms with E-state index in [-0.39, 0.29) is 15.0 Å². The third-order valence-electron chi connectivity index (χ3n) is 2.27. The van der Waals surface area contributed by atoms with Crippen molar-refractivity contribution in [2.75, 3.05) is 0 Å². The molecule has 17 heavy (non-hydrogen) atoms. The Labute approximate surface area is 111 Å². The maximum absolute atomic E-state index is 12.4. The van der Waals surface area contributed by atoms with Crippen LogP contribution in [0.5, 0.6) is 0 Å². The molecular formula is C14H20OSeSi. The summed E-state index contributed by atoms with van der Waals surface area (Å²) < 4.78 is 2.34. The van der Waals surface area contributed by atoms with Crippen LogP contribution >= 0.6 is 0 Å². The maximum atomic E-state index is 12.4. The quantitative estimate of drug-likeness (QED) is 0.604. The molecule has 0 aromatic heterocycles.